The maximum absolute atomic E-state index is 12.5. The van der Waals surface area contributed by atoms with Crippen molar-refractivity contribution in [3.05, 3.63) is 34.9 Å². The molecular weight excluding hydrogens is 279 g/mol. The average molecular weight is 299 g/mol. The van der Waals surface area contributed by atoms with Crippen LogP contribution < -0.4 is 10.5 Å². The van der Waals surface area contributed by atoms with Gasteiger partial charge in [0.25, 0.3) is 0 Å². The second kappa shape index (κ2) is 6.10. The van der Waals surface area contributed by atoms with E-state index in [1.165, 1.54) is 18.9 Å². The third-order valence-electron chi connectivity index (χ3n) is 3.53. The van der Waals surface area contributed by atoms with E-state index in [4.69, 9.17) is 5.73 Å². The Balaban J connectivity index is 2.40. The van der Waals surface area contributed by atoms with Crippen LogP contribution in [0.3, 0.4) is 0 Å². The van der Waals surface area contributed by atoms with Crippen molar-refractivity contribution < 1.29 is 17.9 Å². The van der Waals surface area contributed by atoms with E-state index in [0.717, 1.165) is 5.56 Å². The molecule has 1 atom stereocenters. The van der Waals surface area contributed by atoms with Gasteiger partial charge in [0.15, 0.2) is 0 Å². The minimum absolute atomic E-state index is 0.152. The van der Waals surface area contributed by atoms with Crippen LogP contribution in [0.15, 0.2) is 18.2 Å². The predicted molar refractivity (Wildman–Crippen MR) is 76.9 cm³/mol. The zero-order valence-corrected chi connectivity index (χ0v) is 12.2. The molecule has 1 saturated carbocycles. The van der Waals surface area contributed by atoms with Crippen molar-refractivity contribution in [3.63, 3.8) is 0 Å². The molecule has 0 radical (unpaired) electrons. The van der Waals surface area contributed by atoms with Gasteiger partial charge in [-0.2, -0.15) is 0 Å². The van der Waals surface area contributed by atoms with Gasteiger partial charge < -0.3 is 10.5 Å². The first-order chi connectivity index (χ1) is 9.80. The maximum atomic E-state index is 12.5. The molecule has 2 N–H and O–H groups in total. The summed E-state index contributed by atoms with van der Waals surface area (Å²) in [5.41, 5.74) is 7.97. The lowest BCUT2D eigenvalue weighted by molar-refractivity contribution is -0.274. The number of benzene rings is 1. The van der Waals surface area contributed by atoms with Gasteiger partial charge in [-0.1, -0.05) is 19.1 Å². The zero-order valence-electron chi connectivity index (χ0n) is 12.2. The Labute approximate surface area is 122 Å². The summed E-state index contributed by atoms with van der Waals surface area (Å²) in [7, 11) is 0. The predicted octanol–water partition coefficient (Wildman–Crippen LogP) is 4.59. The number of rotatable bonds is 5. The lowest BCUT2D eigenvalue weighted by atomic mass is 9.96. The Morgan fingerprint density at radius 2 is 2.05 bits per heavy atom. The number of allylic oxidation sites excluding steroid dienone is 1. The van der Waals surface area contributed by atoms with E-state index < -0.39 is 6.36 Å². The SMILES string of the molecule is CCc1cc(/C=C/C2CC2)c([C@H](C)N)cc1OC(F)(F)F. The average Bonchev–Trinajstić information content (AvgIpc) is 3.18. The van der Waals surface area contributed by atoms with Crippen molar-refractivity contribution in [1.29, 1.82) is 0 Å². The third-order valence-corrected chi connectivity index (χ3v) is 3.53. The highest BCUT2D eigenvalue weighted by Gasteiger charge is 2.32. The highest BCUT2D eigenvalue weighted by molar-refractivity contribution is 5.59. The number of hydrogen-bond donors (Lipinski definition) is 1. The molecule has 2 rings (SSSR count). The van der Waals surface area contributed by atoms with Crippen LogP contribution in [-0.4, -0.2) is 6.36 Å². The number of aryl methyl sites for hydroxylation is 1. The van der Waals surface area contributed by atoms with Gasteiger partial charge >= 0.3 is 6.36 Å². The molecule has 1 fully saturated rings. The Morgan fingerprint density at radius 3 is 2.52 bits per heavy atom. The van der Waals surface area contributed by atoms with Gasteiger partial charge in [0.1, 0.15) is 5.75 Å². The summed E-state index contributed by atoms with van der Waals surface area (Å²) in [6, 6.07) is 2.81. The van der Waals surface area contributed by atoms with Crippen LogP contribution in [0.25, 0.3) is 6.08 Å². The van der Waals surface area contributed by atoms with E-state index >= 15 is 0 Å². The van der Waals surface area contributed by atoms with Crippen molar-refractivity contribution in [1.82, 2.24) is 0 Å². The van der Waals surface area contributed by atoms with E-state index in [1.54, 1.807) is 19.9 Å². The summed E-state index contributed by atoms with van der Waals surface area (Å²) in [4.78, 5) is 0. The van der Waals surface area contributed by atoms with E-state index in [9.17, 15) is 13.2 Å². The fourth-order valence-electron chi connectivity index (χ4n) is 2.22. The maximum Gasteiger partial charge on any atom is 0.573 e. The number of halogens is 3. The lowest BCUT2D eigenvalue weighted by Crippen LogP contribution is -2.19. The fourth-order valence-corrected chi connectivity index (χ4v) is 2.22. The van der Waals surface area contributed by atoms with Gasteiger partial charge in [-0.05, 0) is 60.9 Å². The van der Waals surface area contributed by atoms with E-state index in [0.29, 0.717) is 23.5 Å². The number of ether oxygens (including phenoxy) is 1. The molecule has 0 bridgehead atoms. The first-order valence-electron chi connectivity index (χ1n) is 7.16. The van der Waals surface area contributed by atoms with Gasteiger partial charge in [-0.25, -0.2) is 0 Å². The first-order valence-corrected chi connectivity index (χ1v) is 7.16. The molecule has 2 nitrogen and oxygen atoms in total. The first kappa shape index (κ1) is 15.9. The molecule has 116 valence electrons. The topological polar surface area (TPSA) is 35.2 Å². The van der Waals surface area contributed by atoms with E-state index in [1.807, 2.05) is 6.08 Å². The number of nitrogens with two attached hydrogens (primary N) is 1. The smallest absolute Gasteiger partial charge is 0.405 e. The molecule has 0 saturated heterocycles. The molecule has 1 aliphatic carbocycles. The molecule has 0 unspecified atom stereocenters. The Kier molecular flexibility index (Phi) is 4.61. The molecule has 1 aliphatic rings. The van der Waals surface area contributed by atoms with Crippen LogP contribution in [-0.2, 0) is 6.42 Å². The summed E-state index contributed by atoms with van der Waals surface area (Å²) in [6.45, 7) is 3.56. The van der Waals surface area contributed by atoms with Gasteiger partial charge in [0.05, 0.1) is 0 Å². The molecule has 1 aromatic carbocycles. The summed E-state index contributed by atoms with van der Waals surface area (Å²) in [5.74, 6) is 0.447. The van der Waals surface area contributed by atoms with Crippen molar-refractivity contribution in [2.45, 2.75) is 45.5 Å². The largest absolute Gasteiger partial charge is 0.573 e. The van der Waals surface area contributed by atoms with E-state index in [-0.39, 0.29) is 11.8 Å². The number of alkyl halides is 3. The van der Waals surface area contributed by atoms with Crippen LogP contribution in [0.1, 0.15) is 49.4 Å². The van der Waals surface area contributed by atoms with Crippen LogP contribution >= 0.6 is 0 Å². The second-order valence-electron chi connectivity index (χ2n) is 5.48. The molecule has 0 amide bonds. The van der Waals surface area contributed by atoms with Gasteiger partial charge in [0.2, 0.25) is 0 Å². The van der Waals surface area contributed by atoms with Gasteiger partial charge in [-0.3, -0.25) is 0 Å². The summed E-state index contributed by atoms with van der Waals surface area (Å²) in [5, 5.41) is 0. The Morgan fingerprint density at radius 1 is 1.38 bits per heavy atom. The summed E-state index contributed by atoms with van der Waals surface area (Å²) in [6.07, 6.45) is 2.21. The third kappa shape index (κ3) is 4.49. The molecule has 0 aliphatic heterocycles. The van der Waals surface area contributed by atoms with Crippen LogP contribution in [0, 0.1) is 5.92 Å². The molecule has 0 spiro atoms. The quantitative estimate of drug-likeness (QED) is 0.863. The lowest BCUT2D eigenvalue weighted by Gasteiger charge is -2.18. The number of hydrogen-bond acceptors (Lipinski definition) is 2. The minimum atomic E-state index is -4.69. The fraction of sp³-hybridized carbons (Fsp3) is 0.500. The van der Waals surface area contributed by atoms with Crippen molar-refractivity contribution >= 4 is 6.08 Å². The van der Waals surface area contributed by atoms with Gasteiger partial charge in [-0.15, -0.1) is 13.2 Å². The molecule has 21 heavy (non-hydrogen) atoms. The van der Waals surface area contributed by atoms with Crippen LogP contribution in [0.4, 0.5) is 13.2 Å². The molecule has 0 heterocycles. The van der Waals surface area contributed by atoms with Crippen LogP contribution in [0.5, 0.6) is 5.75 Å². The monoisotopic (exact) mass is 299 g/mol. The Bertz CT molecular complexity index is 531. The second-order valence-corrected chi connectivity index (χ2v) is 5.48. The standard InChI is InChI=1S/C16H20F3NO/c1-3-12-8-13(7-6-11-4-5-11)14(10(2)20)9-15(12)21-16(17,18)19/h6-11H,3-5,20H2,1-2H3/b7-6+/t10-/m0/s1. The molecular formula is C16H20F3NO. The van der Waals surface area contributed by atoms with Gasteiger partial charge in [0, 0.05) is 6.04 Å². The highest BCUT2D eigenvalue weighted by atomic mass is 19.4. The highest BCUT2D eigenvalue weighted by Crippen LogP contribution is 2.34. The molecule has 1 aromatic rings. The summed E-state index contributed by atoms with van der Waals surface area (Å²) < 4.78 is 41.6. The van der Waals surface area contributed by atoms with Crippen LogP contribution in [0.2, 0.25) is 0 Å². The van der Waals surface area contributed by atoms with E-state index in [2.05, 4.69) is 10.8 Å². The molecule has 0 aromatic heterocycles. The van der Waals surface area contributed by atoms with Crippen molar-refractivity contribution in [2.75, 3.05) is 0 Å². The zero-order chi connectivity index (χ0) is 15.6. The van der Waals surface area contributed by atoms with Crippen molar-refractivity contribution in [2.24, 2.45) is 11.7 Å². The van der Waals surface area contributed by atoms with Crippen molar-refractivity contribution in [3.8, 4) is 5.75 Å². The molecule has 5 heteroatoms. The summed E-state index contributed by atoms with van der Waals surface area (Å²) >= 11 is 0. The Hall–Kier alpha value is -1.49. The minimum Gasteiger partial charge on any atom is -0.405 e. The normalized spacial score (nSPS) is 17.2.